The molecule has 0 fully saturated rings. The quantitative estimate of drug-likeness (QED) is 0.908. The lowest BCUT2D eigenvalue weighted by Crippen LogP contribution is -2.14. The molecule has 20 heavy (non-hydrogen) atoms. The van der Waals surface area contributed by atoms with E-state index in [0.29, 0.717) is 11.1 Å². The minimum Gasteiger partial charge on any atom is -0.481 e. The van der Waals surface area contributed by atoms with Crippen molar-refractivity contribution in [1.29, 1.82) is 0 Å². The lowest BCUT2D eigenvalue weighted by atomic mass is 9.92. The minimum absolute atomic E-state index is 0.0334. The summed E-state index contributed by atoms with van der Waals surface area (Å²) in [6.45, 7) is 0. The van der Waals surface area contributed by atoms with Gasteiger partial charge in [0, 0.05) is 10.5 Å². The number of benzene rings is 2. The first-order valence-corrected chi connectivity index (χ1v) is 6.68. The first-order valence-electron chi connectivity index (χ1n) is 5.89. The van der Waals surface area contributed by atoms with Gasteiger partial charge >= 0.3 is 5.97 Å². The van der Waals surface area contributed by atoms with Crippen LogP contribution < -0.4 is 0 Å². The molecule has 0 amide bonds. The zero-order valence-electron chi connectivity index (χ0n) is 10.3. The van der Waals surface area contributed by atoms with Gasteiger partial charge in [0.2, 0.25) is 0 Å². The smallest absolute Gasteiger partial charge is 0.311 e. The number of hydrogen-bond acceptors (Lipinski definition) is 1. The second-order valence-electron chi connectivity index (χ2n) is 4.42. The van der Waals surface area contributed by atoms with Gasteiger partial charge in [0.15, 0.2) is 0 Å². The van der Waals surface area contributed by atoms with E-state index < -0.39 is 23.5 Å². The summed E-state index contributed by atoms with van der Waals surface area (Å²) in [5.41, 5.74) is 0.906. The Hall–Kier alpha value is -1.75. The fourth-order valence-corrected chi connectivity index (χ4v) is 2.27. The first-order chi connectivity index (χ1) is 9.45. The molecular formula is C15H11BrF2O2. The van der Waals surface area contributed by atoms with Crippen LogP contribution in [0.1, 0.15) is 17.0 Å². The molecule has 0 saturated carbocycles. The molecule has 1 atom stereocenters. The molecule has 0 heterocycles. The molecule has 2 aromatic carbocycles. The molecule has 0 saturated heterocycles. The van der Waals surface area contributed by atoms with E-state index in [-0.39, 0.29) is 6.42 Å². The van der Waals surface area contributed by atoms with E-state index in [2.05, 4.69) is 15.9 Å². The average molecular weight is 341 g/mol. The van der Waals surface area contributed by atoms with E-state index in [9.17, 15) is 18.7 Å². The van der Waals surface area contributed by atoms with E-state index in [1.54, 1.807) is 24.3 Å². The standard InChI is InChI=1S/C15H11BrF2O2/c16-11-3-1-10(2-4-11)14(15(19)20)7-9-5-12(17)8-13(18)6-9/h1-6,8,14H,7H2,(H,19,20). The van der Waals surface area contributed by atoms with Crippen molar-refractivity contribution in [2.24, 2.45) is 0 Å². The molecule has 0 aromatic heterocycles. The number of carboxylic acids is 1. The molecule has 0 radical (unpaired) electrons. The zero-order chi connectivity index (χ0) is 14.7. The Morgan fingerprint density at radius 3 is 2.15 bits per heavy atom. The molecule has 5 heteroatoms. The van der Waals surface area contributed by atoms with Crippen molar-refractivity contribution in [3.05, 3.63) is 69.7 Å². The maximum absolute atomic E-state index is 13.1. The van der Waals surface area contributed by atoms with Gasteiger partial charge in [-0.3, -0.25) is 4.79 Å². The van der Waals surface area contributed by atoms with Gasteiger partial charge in [-0.1, -0.05) is 28.1 Å². The Bertz CT molecular complexity index is 606. The van der Waals surface area contributed by atoms with Crippen LogP contribution in [0.25, 0.3) is 0 Å². The summed E-state index contributed by atoms with van der Waals surface area (Å²) >= 11 is 3.27. The van der Waals surface area contributed by atoms with Crippen LogP contribution in [0.5, 0.6) is 0 Å². The third-order valence-electron chi connectivity index (χ3n) is 2.93. The molecule has 0 aliphatic rings. The Morgan fingerprint density at radius 2 is 1.65 bits per heavy atom. The monoisotopic (exact) mass is 340 g/mol. The fraction of sp³-hybridized carbons (Fsp3) is 0.133. The fourth-order valence-electron chi connectivity index (χ4n) is 2.01. The average Bonchev–Trinajstić information content (AvgIpc) is 2.36. The van der Waals surface area contributed by atoms with Gasteiger partial charge < -0.3 is 5.11 Å². The van der Waals surface area contributed by atoms with Crippen molar-refractivity contribution in [2.45, 2.75) is 12.3 Å². The van der Waals surface area contributed by atoms with Crippen molar-refractivity contribution in [3.8, 4) is 0 Å². The summed E-state index contributed by atoms with van der Waals surface area (Å²) in [4.78, 5) is 11.4. The van der Waals surface area contributed by atoms with E-state index >= 15 is 0 Å². The SMILES string of the molecule is O=C(O)C(Cc1cc(F)cc(F)c1)c1ccc(Br)cc1. The van der Waals surface area contributed by atoms with E-state index in [1.165, 1.54) is 0 Å². The van der Waals surface area contributed by atoms with Crippen LogP contribution in [0.3, 0.4) is 0 Å². The molecule has 2 rings (SSSR count). The molecule has 0 aliphatic heterocycles. The number of hydrogen-bond donors (Lipinski definition) is 1. The van der Waals surface area contributed by atoms with Crippen LogP contribution in [0, 0.1) is 11.6 Å². The Morgan fingerprint density at radius 1 is 1.10 bits per heavy atom. The normalized spacial score (nSPS) is 12.2. The lowest BCUT2D eigenvalue weighted by molar-refractivity contribution is -0.138. The van der Waals surface area contributed by atoms with Crippen molar-refractivity contribution >= 4 is 21.9 Å². The highest BCUT2D eigenvalue weighted by atomic mass is 79.9. The molecule has 1 N–H and O–H groups in total. The van der Waals surface area contributed by atoms with Crippen molar-refractivity contribution in [1.82, 2.24) is 0 Å². The molecule has 104 valence electrons. The van der Waals surface area contributed by atoms with Crippen LogP contribution in [0.2, 0.25) is 0 Å². The predicted molar refractivity (Wildman–Crippen MR) is 74.6 cm³/mol. The highest BCUT2D eigenvalue weighted by Gasteiger charge is 2.20. The van der Waals surface area contributed by atoms with Crippen molar-refractivity contribution < 1.29 is 18.7 Å². The third-order valence-corrected chi connectivity index (χ3v) is 3.46. The highest BCUT2D eigenvalue weighted by Crippen LogP contribution is 2.24. The summed E-state index contributed by atoms with van der Waals surface area (Å²) in [5.74, 6) is -3.29. The second-order valence-corrected chi connectivity index (χ2v) is 5.34. The Kier molecular flexibility index (Phi) is 4.49. The first kappa shape index (κ1) is 14.7. The molecule has 1 unspecified atom stereocenters. The van der Waals surface area contributed by atoms with Gasteiger partial charge in [-0.15, -0.1) is 0 Å². The van der Waals surface area contributed by atoms with E-state index in [0.717, 1.165) is 22.7 Å². The van der Waals surface area contributed by atoms with Crippen LogP contribution in [0.15, 0.2) is 46.9 Å². The van der Waals surface area contributed by atoms with Gasteiger partial charge in [0.1, 0.15) is 11.6 Å². The van der Waals surface area contributed by atoms with Gasteiger partial charge in [-0.05, 0) is 41.8 Å². The molecule has 2 aromatic rings. The van der Waals surface area contributed by atoms with Crippen LogP contribution in [0.4, 0.5) is 8.78 Å². The van der Waals surface area contributed by atoms with Crippen LogP contribution in [-0.2, 0) is 11.2 Å². The maximum Gasteiger partial charge on any atom is 0.311 e. The van der Waals surface area contributed by atoms with Crippen LogP contribution >= 0.6 is 15.9 Å². The Balaban J connectivity index is 2.30. The molecule has 0 aliphatic carbocycles. The summed E-state index contributed by atoms with van der Waals surface area (Å²) in [6.07, 6.45) is 0.0334. The second kappa shape index (κ2) is 6.13. The summed E-state index contributed by atoms with van der Waals surface area (Å²) in [7, 11) is 0. The van der Waals surface area contributed by atoms with E-state index in [4.69, 9.17) is 0 Å². The number of halogens is 3. The number of rotatable bonds is 4. The number of aliphatic carboxylic acids is 1. The minimum atomic E-state index is -1.03. The number of carboxylic acid groups (broad SMARTS) is 1. The van der Waals surface area contributed by atoms with Gasteiger partial charge in [0.25, 0.3) is 0 Å². The summed E-state index contributed by atoms with van der Waals surface area (Å²) < 4.78 is 27.1. The number of carbonyl (C=O) groups is 1. The van der Waals surface area contributed by atoms with Gasteiger partial charge in [0.05, 0.1) is 5.92 Å². The van der Waals surface area contributed by atoms with Gasteiger partial charge in [-0.2, -0.15) is 0 Å². The zero-order valence-corrected chi connectivity index (χ0v) is 11.9. The topological polar surface area (TPSA) is 37.3 Å². The van der Waals surface area contributed by atoms with Crippen molar-refractivity contribution in [3.63, 3.8) is 0 Å². The third kappa shape index (κ3) is 3.63. The summed E-state index contributed by atoms with van der Waals surface area (Å²) in [6, 6.07) is 9.89. The van der Waals surface area contributed by atoms with Gasteiger partial charge in [-0.25, -0.2) is 8.78 Å². The Labute approximate surface area is 123 Å². The predicted octanol–water partition coefficient (Wildman–Crippen LogP) is 4.14. The van der Waals surface area contributed by atoms with Crippen LogP contribution in [-0.4, -0.2) is 11.1 Å². The maximum atomic E-state index is 13.1. The molecule has 0 spiro atoms. The highest BCUT2D eigenvalue weighted by molar-refractivity contribution is 9.10. The molecule has 2 nitrogen and oxygen atoms in total. The molecular weight excluding hydrogens is 330 g/mol. The lowest BCUT2D eigenvalue weighted by Gasteiger charge is -2.13. The summed E-state index contributed by atoms with van der Waals surface area (Å²) in [5, 5.41) is 9.30. The molecule has 0 bridgehead atoms. The van der Waals surface area contributed by atoms with E-state index in [1.807, 2.05) is 0 Å². The van der Waals surface area contributed by atoms with Crippen molar-refractivity contribution in [2.75, 3.05) is 0 Å². The largest absolute Gasteiger partial charge is 0.481 e.